The van der Waals surface area contributed by atoms with Crippen LogP contribution in [0, 0.1) is 14.9 Å². The second-order valence-corrected chi connectivity index (χ2v) is 7.55. The van der Waals surface area contributed by atoms with Crippen LogP contribution in [-0.4, -0.2) is 27.8 Å². The number of methoxy groups -OCH3 is 1. The van der Waals surface area contributed by atoms with Crippen LogP contribution in [0.4, 0.5) is 5.95 Å². The van der Waals surface area contributed by atoms with Gasteiger partial charge < -0.3 is 9.47 Å². The van der Waals surface area contributed by atoms with Gasteiger partial charge >= 0.3 is 0 Å². The summed E-state index contributed by atoms with van der Waals surface area (Å²) < 4.78 is 14.1. The van der Waals surface area contributed by atoms with Crippen LogP contribution in [-0.2, 0) is 11.4 Å². The Hall–Kier alpha value is -3.13. The summed E-state index contributed by atoms with van der Waals surface area (Å²) in [5.41, 5.74) is 2.25. The molecule has 146 valence electrons. The maximum absolute atomic E-state index is 12.1. The molecule has 0 fully saturated rings. The zero-order valence-corrected chi connectivity index (χ0v) is 17.6. The van der Waals surface area contributed by atoms with Gasteiger partial charge in [0.1, 0.15) is 12.9 Å². The van der Waals surface area contributed by atoms with Crippen molar-refractivity contribution in [2.75, 3.05) is 12.4 Å². The molecule has 2 aromatic carbocycles. The Morgan fingerprint density at radius 2 is 2.21 bits per heavy atom. The smallest absolute Gasteiger partial charge is 0.229 e. The number of ether oxygens (including phenoxy) is 2. The Morgan fingerprint density at radius 1 is 1.38 bits per heavy atom. The number of aromatic nitrogens is 3. The van der Waals surface area contributed by atoms with Gasteiger partial charge in [0.15, 0.2) is 11.5 Å². The fourth-order valence-electron chi connectivity index (χ4n) is 3.24. The molecule has 1 aromatic heterocycles. The van der Waals surface area contributed by atoms with Gasteiger partial charge in [-0.3, -0.25) is 10.1 Å². The molecule has 0 radical (unpaired) electrons. The van der Waals surface area contributed by atoms with E-state index in [-0.39, 0.29) is 25.0 Å². The lowest BCUT2D eigenvalue weighted by Gasteiger charge is -2.25. The summed E-state index contributed by atoms with van der Waals surface area (Å²) in [6.45, 7) is 0.245. The summed E-state index contributed by atoms with van der Waals surface area (Å²) in [6, 6.07) is 13.0. The predicted molar refractivity (Wildman–Crippen MR) is 113 cm³/mol. The largest absolute Gasteiger partial charge is 0.493 e. The first-order valence-electron chi connectivity index (χ1n) is 8.78. The zero-order chi connectivity index (χ0) is 20.4. The Kier molecular flexibility index (Phi) is 5.35. The van der Waals surface area contributed by atoms with Gasteiger partial charge in [0.25, 0.3) is 0 Å². The highest BCUT2D eigenvalue weighted by Crippen LogP contribution is 2.39. The van der Waals surface area contributed by atoms with Crippen molar-refractivity contribution in [3.8, 4) is 17.6 Å². The van der Waals surface area contributed by atoms with Crippen LogP contribution < -0.4 is 14.8 Å². The van der Waals surface area contributed by atoms with Crippen molar-refractivity contribution in [2.24, 2.45) is 0 Å². The number of fused-ring (bicyclic) bond motifs is 1. The van der Waals surface area contributed by atoms with E-state index in [2.05, 4.69) is 44.1 Å². The third kappa shape index (κ3) is 3.75. The average Bonchev–Trinajstić information content (AvgIpc) is 3.20. The van der Waals surface area contributed by atoms with Crippen LogP contribution in [0.15, 0.2) is 42.7 Å². The second-order valence-electron chi connectivity index (χ2n) is 6.39. The molecule has 1 aliphatic heterocycles. The normalized spacial score (nSPS) is 15.2. The van der Waals surface area contributed by atoms with E-state index in [1.165, 1.54) is 6.33 Å². The highest BCUT2D eigenvalue weighted by Gasteiger charge is 2.29. The summed E-state index contributed by atoms with van der Waals surface area (Å²) in [7, 11) is 1.57. The van der Waals surface area contributed by atoms with Crippen LogP contribution in [0.25, 0.3) is 0 Å². The molecule has 8 nitrogen and oxygen atoms in total. The van der Waals surface area contributed by atoms with Gasteiger partial charge in [-0.15, -0.1) is 0 Å². The summed E-state index contributed by atoms with van der Waals surface area (Å²) in [5, 5.41) is 16.2. The van der Waals surface area contributed by atoms with Gasteiger partial charge in [-0.05, 0) is 46.4 Å². The number of amides is 1. The molecule has 9 heteroatoms. The fourth-order valence-corrected chi connectivity index (χ4v) is 4.02. The topological polar surface area (TPSA) is 102 Å². The van der Waals surface area contributed by atoms with E-state index in [1.54, 1.807) is 17.9 Å². The van der Waals surface area contributed by atoms with Gasteiger partial charge in [0, 0.05) is 5.56 Å². The molecule has 1 amide bonds. The van der Waals surface area contributed by atoms with Crippen molar-refractivity contribution < 1.29 is 14.3 Å². The summed E-state index contributed by atoms with van der Waals surface area (Å²) in [6.07, 6.45) is 1.67. The van der Waals surface area contributed by atoms with E-state index in [0.29, 0.717) is 23.0 Å². The minimum Gasteiger partial charge on any atom is -0.493 e. The Morgan fingerprint density at radius 3 is 3.00 bits per heavy atom. The number of anilines is 1. The van der Waals surface area contributed by atoms with Crippen molar-refractivity contribution in [3.63, 3.8) is 0 Å². The number of rotatable bonds is 5. The Bertz CT molecular complexity index is 1120. The van der Waals surface area contributed by atoms with E-state index in [1.807, 2.05) is 30.3 Å². The highest BCUT2D eigenvalue weighted by molar-refractivity contribution is 14.1. The third-order valence-corrected chi connectivity index (χ3v) is 5.45. The van der Waals surface area contributed by atoms with Gasteiger partial charge in [-0.1, -0.05) is 18.2 Å². The molecule has 0 aliphatic carbocycles. The van der Waals surface area contributed by atoms with Crippen molar-refractivity contribution in [1.29, 1.82) is 5.26 Å². The molecule has 2 heterocycles. The number of nitrogens with zero attached hydrogens (tertiary/aromatic N) is 4. The zero-order valence-electron chi connectivity index (χ0n) is 15.4. The van der Waals surface area contributed by atoms with Crippen molar-refractivity contribution >= 4 is 34.4 Å². The first kappa shape index (κ1) is 19.2. The molecule has 1 N–H and O–H groups in total. The molecule has 3 aromatic rings. The molecule has 1 atom stereocenters. The summed E-state index contributed by atoms with van der Waals surface area (Å²) in [4.78, 5) is 16.1. The number of hydrogen-bond acceptors (Lipinski definition) is 6. The van der Waals surface area contributed by atoms with Gasteiger partial charge in [-0.25, -0.2) is 4.68 Å². The number of carbonyl (C=O) groups is 1. The SMILES string of the molecule is COc1cc([C@H]2CC(=O)Nc3ncnn32)cc(I)c1OCc1ccccc1C#N. The van der Waals surface area contributed by atoms with Crippen LogP contribution in [0.3, 0.4) is 0 Å². The summed E-state index contributed by atoms with van der Waals surface area (Å²) >= 11 is 2.18. The molecular weight excluding hydrogens is 485 g/mol. The van der Waals surface area contributed by atoms with Crippen molar-refractivity contribution in [2.45, 2.75) is 19.1 Å². The average molecular weight is 501 g/mol. The van der Waals surface area contributed by atoms with Gasteiger partial charge in [-0.2, -0.15) is 15.3 Å². The van der Waals surface area contributed by atoms with Crippen molar-refractivity contribution in [1.82, 2.24) is 14.8 Å². The van der Waals surface area contributed by atoms with Crippen molar-refractivity contribution in [3.05, 3.63) is 63.0 Å². The molecule has 0 saturated carbocycles. The highest BCUT2D eigenvalue weighted by atomic mass is 127. The van der Waals surface area contributed by atoms with E-state index in [0.717, 1.165) is 14.7 Å². The van der Waals surface area contributed by atoms with Crippen LogP contribution in [0.1, 0.15) is 29.2 Å². The third-order valence-electron chi connectivity index (χ3n) is 4.64. The molecule has 0 saturated heterocycles. The molecule has 4 rings (SSSR count). The maximum Gasteiger partial charge on any atom is 0.229 e. The van der Waals surface area contributed by atoms with Gasteiger partial charge in [0.05, 0.1) is 34.8 Å². The molecule has 29 heavy (non-hydrogen) atoms. The molecule has 1 aliphatic rings. The number of carbonyl (C=O) groups excluding carboxylic acids is 1. The van der Waals surface area contributed by atoms with Crippen LogP contribution in [0.5, 0.6) is 11.5 Å². The molecular formula is C20H16IN5O3. The number of benzene rings is 2. The lowest BCUT2D eigenvalue weighted by atomic mass is 10.0. The Labute approximate surface area is 180 Å². The molecule has 0 unspecified atom stereocenters. The number of hydrogen-bond donors (Lipinski definition) is 1. The lowest BCUT2D eigenvalue weighted by Crippen LogP contribution is -2.29. The van der Waals surface area contributed by atoms with E-state index < -0.39 is 0 Å². The van der Waals surface area contributed by atoms with Gasteiger partial charge in [0.2, 0.25) is 11.9 Å². The maximum atomic E-state index is 12.1. The van der Waals surface area contributed by atoms with E-state index in [4.69, 9.17) is 9.47 Å². The molecule has 0 spiro atoms. The lowest BCUT2D eigenvalue weighted by molar-refractivity contribution is -0.117. The quantitative estimate of drug-likeness (QED) is 0.539. The standard InChI is InChI=1S/C20H16IN5O3/c1-28-17-7-14(16-8-18(27)25-20-23-11-24-26(16)20)6-15(21)19(17)29-10-13-5-3-2-4-12(13)9-22/h2-7,11,16H,8,10H2,1H3,(H,23,24,25,27)/t16-/m1/s1. The predicted octanol–water partition coefficient (Wildman–Crippen LogP) is 3.27. The number of nitriles is 1. The first-order valence-corrected chi connectivity index (χ1v) is 9.86. The number of halogens is 1. The van der Waals surface area contributed by atoms with Crippen LogP contribution >= 0.6 is 22.6 Å². The molecule has 0 bridgehead atoms. The minimum atomic E-state index is -0.281. The minimum absolute atomic E-state index is 0.113. The van der Waals surface area contributed by atoms with E-state index in [9.17, 15) is 10.1 Å². The second kappa shape index (κ2) is 8.08. The summed E-state index contributed by atoms with van der Waals surface area (Å²) in [5.74, 6) is 1.45. The van der Waals surface area contributed by atoms with E-state index >= 15 is 0 Å². The number of nitrogens with one attached hydrogen (secondary N) is 1. The first-order chi connectivity index (χ1) is 14.1. The Balaban J connectivity index is 1.65. The fraction of sp³-hybridized carbons (Fsp3) is 0.200. The monoisotopic (exact) mass is 501 g/mol. The van der Waals surface area contributed by atoms with Crippen LogP contribution in [0.2, 0.25) is 0 Å².